The first-order chi connectivity index (χ1) is 9.51. The molecule has 20 heavy (non-hydrogen) atoms. The highest BCUT2D eigenvalue weighted by Gasteiger charge is 2.15. The second-order valence-electron chi connectivity index (χ2n) is 4.38. The van der Waals surface area contributed by atoms with Crippen molar-refractivity contribution >= 4 is 5.91 Å². The Bertz CT molecular complexity index is 637. The number of hydrogen-bond donors (Lipinski definition) is 1. The molecule has 0 spiro atoms. The number of nitrogens with zero attached hydrogens (tertiary/aromatic N) is 3. The Kier molecular flexibility index (Phi) is 3.97. The molecule has 2 aromatic heterocycles. The summed E-state index contributed by atoms with van der Waals surface area (Å²) in [4.78, 5) is 16.1. The molecule has 0 radical (unpaired) electrons. The minimum atomic E-state index is -0.423. The topological polar surface area (TPSA) is 90.1 Å². The summed E-state index contributed by atoms with van der Waals surface area (Å²) >= 11 is 0. The summed E-state index contributed by atoms with van der Waals surface area (Å²) in [6.45, 7) is 5.73. The molecule has 2 rings (SSSR count). The van der Waals surface area contributed by atoms with E-state index >= 15 is 0 Å². The first-order valence-electron chi connectivity index (χ1n) is 6.10. The number of methoxy groups -OCH3 is 1. The molecular formula is C13H16N4O3. The summed E-state index contributed by atoms with van der Waals surface area (Å²) in [5, 5.41) is 9.98. The average molecular weight is 276 g/mol. The van der Waals surface area contributed by atoms with Crippen molar-refractivity contribution in [1.29, 1.82) is 0 Å². The van der Waals surface area contributed by atoms with Crippen LogP contribution in [-0.4, -0.2) is 28.2 Å². The van der Waals surface area contributed by atoms with E-state index < -0.39 is 5.91 Å². The Morgan fingerprint density at radius 1 is 1.35 bits per heavy atom. The highest BCUT2D eigenvalue weighted by atomic mass is 16.5. The number of pyridine rings is 1. The van der Waals surface area contributed by atoms with Crippen molar-refractivity contribution in [3.8, 4) is 5.88 Å². The zero-order valence-corrected chi connectivity index (χ0v) is 11.9. The van der Waals surface area contributed by atoms with Gasteiger partial charge in [-0.2, -0.15) is 0 Å². The number of hydrogen-bond acceptors (Lipinski definition) is 6. The SMILES string of the molecule is COc1nc(C)cc(C)c1CNC(=O)c1nnc(C)o1. The van der Waals surface area contributed by atoms with E-state index in [9.17, 15) is 4.79 Å². The van der Waals surface area contributed by atoms with Gasteiger partial charge in [-0.3, -0.25) is 4.79 Å². The van der Waals surface area contributed by atoms with Crippen molar-refractivity contribution in [2.75, 3.05) is 7.11 Å². The Morgan fingerprint density at radius 3 is 2.70 bits per heavy atom. The monoisotopic (exact) mass is 276 g/mol. The number of carbonyl (C=O) groups is 1. The van der Waals surface area contributed by atoms with Crippen LogP contribution in [0, 0.1) is 20.8 Å². The Balaban J connectivity index is 2.13. The molecule has 0 saturated heterocycles. The van der Waals surface area contributed by atoms with Gasteiger partial charge in [0.1, 0.15) is 0 Å². The van der Waals surface area contributed by atoms with Gasteiger partial charge in [0.2, 0.25) is 11.8 Å². The molecule has 2 aromatic rings. The number of carbonyl (C=O) groups excluding carboxylic acids is 1. The molecule has 0 bridgehead atoms. The average Bonchev–Trinajstić information content (AvgIpc) is 2.83. The third kappa shape index (κ3) is 2.93. The molecule has 0 fully saturated rings. The maximum absolute atomic E-state index is 11.8. The molecule has 1 amide bonds. The predicted molar refractivity (Wildman–Crippen MR) is 70.5 cm³/mol. The van der Waals surface area contributed by atoms with Crippen LogP contribution < -0.4 is 10.1 Å². The molecular weight excluding hydrogens is 260 g/mol. The van der Waals surface area contributed by atoms with Gasteiger partial charge < -0.3 is 14.5 Å². The van der Waals surface area contributed by atoms with Crippen LogP contribution in [0.3, 0.4) is 0 Å². The molecule has 0 aliphatic carbocycles. The van der Waals surface area contributed by atoms with Gasteiger partial charge in [-0.1, -0.05) is 0 Å². The lowest BCUT2D eigenvalue weighted by molar-refractivity contribution is 0.0914. The maximum atomic E-state index is 11.8. The minimum Gasteiger partial charge on any atom is -0.481 e. The second kappa shape index (κ2) is 5.68. The molecule has 7 heteroatoms. The highest BCUT2D eigenvalue weighted by molar-refractivity contribution is 5.89. The molecule has 0 atom stereocenters. The van der Waals surface area contributed by atoms with Crippen LogP contribution >= 0.6 is 0 Å². The lowest BCUT2D eigenvalue weighted by atomic mass is 10.1. The summed E-state index contributed by atoms with van der Waals surface area (Å²) in [5.74, 6) is 0.372. The van der Waals surface area contributed by atoms with Gasteiger partial charge in [-0.25, -0.2) is 4.98 Å². The van der Waals surface area contributed by atoms with Crippen molar-refractivity contribution in [3.05, 3.63) is 34.7 Å². The van der Waals surface area contributed by atoms with Gasteiger partial charge in [0.15, 0.2) is 0 Å². The minimum absolute atomic E-state index is 0.0563. The first kappa shape index (κ1) is 14.0. The standard InChI is InChI=1S/C13H16N4O3/c1-7-5-8(2)15-12(19-4)10(7)6-14-11(18)13-17-16-9(3)20-13/h5H,6H2,1-4H3,(H,14,18). The molecule has 0 aliphatic rings. The second-order valence-corrected chi connectivity index (χ2v) is 4.38. The van der Waals surface area contributed by atoms with Crippen molar-refractivity contribution in [1.82, 2.24) is 20.5 Å². The van der Waals surface area contributed by atoms with Crippen LogP contribution in [0.5, 0.6) is 5.88 Å². The lowest BCUT2D eigenvalue weighted by Gasteiger charge is -2.12. The zero-order valence-electron chi connectivity index (χ0n) is 11.9. The third-order valence-corrected chi connectivity index (χ3v) is 2.78. The Labute approximate surface area is 116 Å². The zero-order chi connectivity index (χ0) is 14.7. The van der Waals surface area contributed by atoms with Gasteiger partial charge in [0, 0.05) is 24.7 Å². The smallest absolute Gasteiger partial charge is 0.309 e. The van der Waals surface area contributed by atoms with Crippen LogP contribution in [-0.2, 0) is 6.54 Å². The van der Waals surface area contributed by atoms with E-state index in [4.69, 9.17) is 9.15 Å². The number of rotatable bonds is 4. The van der Waals surface area contributed by atoms with E-state index in [1.807, 2.05) is 19.9 Å². The largest absolute Gasteiger partial charge is 0.481 e. The normalized spacial score (nSPS) is 10.4. The molecule has 106 valence electrons. The maximum Gasteiger partial charge on any atom is 0.309 e. The number of aryl methyl sites for hydroxylation is 3. The van der Waals surface area contributed by atoms with E-state index in [2.05, 4.69) is 20.5 Å². The molecule has 7 nitrogen and oxygen atoms in total. The highest BCUT2D eigenvalue weighted by Crippen LogP contribution is 2.20. The molecule has 0 aliphatic heterocycles. The van der Waals surface area contributed by atoms with Crippen molar-refractivity contribution in [2.24, 2.45) is 0 Å². The molecule has 0 saturated carbocycles. The van der Waals surface area contributed by atoms with Gasteiger partial charge in [-0.15, -0.1) is 10.2 Å². The van der Waals surface area contributed by atoms with Crippen molar-refractivity contribution < 1.29 is 13.9 Å². The summed E-state index contributed by atoms with van der Waals surface area (Å²) in [6.07, 6.45) is 0. The number of aromatic nitrogens is 3. The van der Waals surface area contributed by atoms with Gasteiger partial charge >= 0.3 is 11.8 Å². The van der Waals surface area contributed by atoms with Gasteiger partial charge in [0.25, 0.3) is 0 Å². The third-order valence-electron chi connectivity index (χ3n) is 2.78. The van der Waals surface area contributed by atoms with E-state index in [1.54, 1.807) is 14.0 Å². The van der Waals surface area contributed by atoms with E-state index in [0.717, 1.165) is 16.8 Å². The lowest BCUT2D eigenvalue weighted by Crippen LogP contribution is -2.24. The van der Waals surface area contributed by atoms with Crippen LogP contribution in [0.4, 0.5) is 0 Å². The quantitative estimate of drug-likeness (QED) is 0.906. The summed E-state index contributed by atoms with van der Waals surface area (Å²) in [5.41, 5.74) is 2.68. The van der Waals surface area contributed by atoms with Crippen LogP contribution in [0.25, 0.3) is 0 Å². The first-order valence-corrected chi connectivity index (χ1v) is 6.10. The summed E-state index contributed by atoms with van der Waals surface area (Å²) in [6, 6.07) is 1.93. The Hall–Kier alpha value is -2.44. The summed E-state index contributed by atoms with van der Waals surface area (Å²) in [7, 11) is 1.55. The summed E-state index contributed by atoms with van der Waals surface area (Å²) < 4.78 is 10.3. The molecule has 1 N–H and O–H groups in total. The van der Waals surface area contributed by atoms with Crippen LogP contribution in [0.1, 0.15) is 33.4 Å². The fourth-order valence-corrected chi connectivity index (χ4v) is 1.85. The fourth-order valence-electron chi connectivity index (χ4n) is 1.85. The molecule has 0 aromatic carbocycles. The number of ether oxygens (including phenoxy) is 1. The van der Waals surface area contributed by atoms with E-state index in [-0.39, 0.29) is 12.4 Å². The van der Waals surface area contributed by atoms with E-state index in [0.29, 0.717) is 11.8 Å². The van der Waals surface area contributed by atoms with E-state index in [1.165, 1.54) is 0 Å². The number of amides is 1. The predicted octanol–water partition coefficient (Wildman–Crippen LogP) is 1.33. The Morgan fingerprint density at radius 2 is 2.10 bits per heavy atom. The van der Waals surface area contributed by atoms with Crippen molar-refractivity contribution in [2.45, 2.75) is 27.3 Å². The number of nitrogens with one attached hydrogen (secondary N) is 1. The molecule has 0 unspecified atom stereocenters. The van der Waals surface area contributed by atoms with Gasteiger partial charge in [-0.05, 0) is 25.5 Å². The molecule has 2 heterocycles. The van der Waals surface area contributed by atoms with Gasteiger partial charge in [0.05, 0.1) is 7.11 Å². The van der Waals surface area contributed by atoms with Crippen molar-refractivity contribution in [3.63, 3.8) is 0 Å². The fraction of sp³-hybridized carbons (Fsp3) is 0.385. The van der Waals surface area contributed by atoms with Crippen LogP contribution in [0.15, 0.2) is 10.5 Å². The van der Waals surface area contributed by atoms with Crippen LogP contribution in [0.2, 0.25) is 0 Å².